The summed E-state index contributed by atoms with van der Waals surface area (Å²) in [5, 5.41) is 9.31. The van der Waals surface area contributed by atoms with E-state index in [0.29, 0.717) is 12.0 Å². The van der Waals surface area contributed by atoms with Gasteiger partial charge in [-0.25, -0.2) is 9.97 Å². The lowest BCUT2D eigenvalue weighted by molar-refractivity contribution is -0.129. The number of carbonyl (C=O) groups is 1. The van der Waals surface area contributed by atoms with Gasteiger partial charge < -0.3 is 9.80 Å². The number of hydrogen-bond acceptors (Lipinski definition) is 5. The minimum absolute atomic E-state index is 0.233. The molecule has 0 radical (unpaired) electrons. The largest absolute Gasteiger partial charge is 0.353 e. The lowest BCUT2D eigenvalue weighted by atomic mass is 10.1. The Hall–Kier alpha value is -3.46. The first-order valence-electron chi connectivity index (χ1n) is 10.0. The summed E-state index contributed by atoms with van der Waals surface area (Å²) < 4.78 is 0. The van der Waals surface area contributed by atoms with Crippen LogP contribution in [0.1, 0.15) is 24.8 Å². The number of nitrogens with zero attached hydrogens (tertiary/aromatic N) is 5. The highest BCUT2D eigenvalue weighted by Gasteiger charge is 2.34. The SMILES string of the molecule is N#Cc1cccc(-c2nc3ccccc3nc2N2CCC(N3CCCC3=O)C2)c1. The predicted octanol–water partition coefficient (Wildman–Crippen LogP) is 3.37. The third kappa shape index (κ3) is 3.19. The van der Waals surface area contributed by atoms with Crippen LogP contribution in [0.5, 0.6) is 0 Å². The maximum atomic E-state index is 12.2. The van der Waals surface area contributed by atoms with Crippen molar-refractivity contribution in [1.82, 2.24) is 14.9 Å². The molecule has 1 aromatic heterocycles. The number of aromatic nitrogens is 2. The molecule has 5 rings (SSSR count). The molecule has 0 spiro atoms. The van der Waals surface area contributed by atoms with Crippen molar-refractivity contribution in [3.05, 3.63) is 54.1 Å². The van der Waals surface area contributed by atoms with Crippen LogP contribution in [0.15, 0.2) is 48.5 Å². The van der Waals surface area contributed by atoms with Crippen LogP contribution < -0.4 is 4.90 Å². The number of amides is 1. The number of hydrogen-bond donors (Lipinski definition) is 0. The second-order valence-corrected chi connectivity index (χ2v) is 7.66. The molecule has 3 aromatic rings. The van der Waals surface area contributed by atoms with E-state index in [4.69, 9.17) is 9.97 Å². The molecule has 2 saturated heterocycles. The number of fused-ring (bicyclic) bond motifs is 1. The van der Waals surface area contributed by atoms with Crippen molar-refractivity contribution in [3.63, 3.8) is 0 Å². The van der Waals surface area contributed by atoms with Gasteiger partial charge in [0.05, 0.1) is 28.7 Å². The lowest BCUT2D eigenvalue weighted by Crippen LogP contribution is -2.38. The number of para-hydroxylation sites is 2. The molecule has 2 aliphatic heterocycles. The molecule has 144 valence electrons. The minimum atomic E-state index is 0.233. The van der Waals surface area contributed by atoms with E-state index in [-0.39, 0.29) is 11.9 Å². The van der Waals surface area contributed by atoms with Gasteiger partial charge in [0, 0.05) is 31.6 Å². The normalized spacial score (nSPS) is 19.1. The molecule has 6 nitrogen and oxygen atoms in total. The Labute approximate surface area is 169 Å². The van der Waals surface area contributed by atoms with E-state index >= 15 is 0 Å². The molecular formula is C23H21N5O. The number of likely N-dealkylation sites (tertiary alicyclic amines) is 1. The van der Waals surface area contributed by atoms with Gasteiger partial charge >= 0.3 is 0 Å². The van der Waals surface area contributed by atoms with E-state index in [1.807, 2.05) is 47.4 Å². The van der Waals surface area contributed by atoms with Crippen molar-refractivity contribution in [3.8, 4) is 17.3 Å². The topological polar surface area (TPSA) is 73.1 Å². The maximum Gasteiger partial charge on any atom is 0.222 e. The Balaban J connectivity index is 1.57. The molecule has 3 heterocycles. The van der Waals surface area contributed by atoms with E-state index in [0.717, 1.165) is 60.6 Å². The quantitative estimate of drug-likeness (QED) is 0.693. The first kappa shape index (κ1) is 17.6. The van der Waals surface area contributed by atoms with Crippen LogP contribution in [0.2, 0.25) is 0 Å². The fourth-order valence-corrected chi connectivity index (χ4v) is 4.38. The van der Waals surface area contributed by atoms with E-state index in [1.54, 1.807) is 6.07 Å². The van der Waals surface area contributed by atoms with Crippen LogP contribution in [0.4, 0.5) is 5.82 Å². The standard InChI is InChI=1S/C23H21N5O/c24-14-16-5-3-6-17(13-16)22-23(26-20-8-2-1-7-19(20)25-22)27-12-10-18(15-27)28-11-4-9-21(28)29/h1-3,5-8,13,18H,4,9-12,15H2. The Morgan fingerprint density at radius 1 is 1.03 bits per heavy atom. The number of carbonyl (C=O) groups excluding carboxylic acids is 1. The van der Waals surface area contributed by atoms with Gasteiger partial charge in [-0.15, -0.1) is 0 Å². The zero-order valence-corrected chi connectivity index (χ0v) is 16.1. The third-order valence-electron chi connectivity index (χ3n) is 5.83. The van der Waals surface area contributed by atoms with Crippen molar-refractivity contribution in [2.45, 2.75) is 25.3 Å². The second-order valence-electron chi connectivity index (χ2n) is 7.66. The van der Waals surface area contributed by atoms with E-state index in [2.05, 4.69) is 11.0 Å². The lowest BCUT2D eigenvalue weighted by Gasteiger charge is -2.25. The first-order chi connectivity index (χ1) is 14.2. The van der Waals surface area contributed by atoms with Gasteiger partial charge in [-0.1, -0.05) is 24.3 Å². The minimum Gasteiger partial charge on any atom is -0.353 e. The molecule has 2 aromatic carbocycles. The van der Waals surface area contributed by atoms with Gasteiger partial charge in [0.25, 0.3) is 0 Å². The van der Waals surface area contributed by atoms with Crippen LogP contribution in [0.3, 0.4) is 0 Å². The smallest absolute Gasteiger partial charge is 0.222 e. The van der Waals surface area contributed by atoms with Crippen molar-refractivity contribution in [1.29, 1.82) is 5.26 Å². The zero-order chi connectivity index (χ0) is 19.8. The molecule has 1 unspecified atom stereocenters. The number of benzene rings is 2. The Kier molecular flexibility index (Phi) is 4.36. The highest BCUT2D eigenvalue weighted by Crippen LogP contribution is 2.33. The molecular weight excluding hydrogens is 362 g/mol. The summed E-state index contributed by atoms with van der Waals surface area (Å²) in [6.45, 7) is 2.47. The maximum absolute atomic E-state index is 12.2. The number of nitriles is 1. The van der Waals surface area contributed by atoms with Gasteiger partial charge in [-0.3, -0.25) is 4.79 Å². The summed E-state index contributed by atoms with van der Waals surface area (Å²) in [5.74, 6) is 1.09. The first-order valence-corrected chi connectivity index (χ1v) is 10.0. The van der Waals surface area contributed by atoms with Gasteiger partial charge in [0.2, 0.25) is 5.91 Å². The Morgan fingerprint density at radius 3 is 2.62 bits per heavy atom. The number of anilines is 1. The molecule has 29 heavy (non-hydrogen) atoms. The molecule has 0 bridgehead atoms. The molecule has 2 aliphatic rings. The summed E-state index contributed by atoms with van der Waals surface area (Å²) in [5.41, 5.74) is 3.96. The van der Waals surface area contributed by atoms with Crippen molar-refractivity contribution in [2.24, 2.45) is 0 Å². The van der Waals surface area contributed by atoms with Crippen LogP contribution in [0.25, 0.3) is 22.3 Å². The molecule has 0 N–H and O–H groups in total. The fourth-order valence-electron chi connectivity index (χ4n) is 4.38. The van der Waals surface area contributed by atoms with Crippen LogP contribution in [0, 0.1) is 11.3 Å². The summed E-state index contributed by atoms with van der Waals surface area (Å²) in [7, 11) is 0. The predicted molar refractivity (Wildman–Crippen MR) is 111 cm³/mol. The van der Waals surface area contributed by atoms with E-state index in [9.17, 15) is 10.1 Å². The monoisotopic (exact) mass is 383 g/mol. The number of rotatable bonds is 3. The second kappa shape index (κ2) is 7.17. The zero-order valence-electron chi connectivity index (χ0n) is 16.1. The van der Waals surface area contributed by atoms with Crippen molar-refractivity contribution < 1.29 is 4.79 Å². The Bertz CT molecular complexity index is 1140. The third-order valence-corrected chi connectivity index (χ3v) is 5.83. The van der Waals surface area contributed by atoms with Gasteiger partial charge in [-0.05, 0) is 37.1 Å². The highest BCUT2D eigenvalue weighted by atomic mass is 16.2. The molecule has 1 amide bonds. The van der Waals surface area contributed by atoms with Crippen LogP contribution >= 0.6 is 0 Å². The fraction of sp³-hybridized carbons (Fsp3) is 0.304. The van der Waals surface area contributed by atoms with Crippen molar-refractivity contribution >= 4 is 22.8 Å². The summed E-state index contributed by atoms with van der Waals surface area (Å²) >= 11 is 0. The van der Waals surface area contributed by atoms with Gasteiger partial charge in [0.1, 0.15) is 5.69 Å². The van der Waals surface area contributed by atoms with Crippen LogP contribution in [-0.4, -0.2) is 46.5 Å². The summed E-state index contributed by atoms with van der Waals surface area (Å²) in [6.07, 6.45) is 2.56. The summed E-state index contributed by atoms with van der Waals surface area (Å²) in [4.78, 5) is 26.3. The summed E-state index contributed by atoms with van der Waals surface area (Å²) in [6, 6.07) is 17.8. The molecule has 1 atom stereocenters. The molecule has 0 saturated carbocycles. The highest BCUT2D eigenvalue weighted by molar-refractivity contribution is 5.84. The van der Waals surface area contributed by atoms with E-state index in [1.165, 1.54) is 0 Å². The average molecular weight is 383 g/mol. The van der Waals surface area contributed by atoms with Crippen molar-refractivity contribution in [2.75, 3.05) is 24.5 Å². The average Bonchev–Trinajstić information content (AvgIpc) is 3.41. The van der Waals surface area contributed by atoms with Crippen LogP contribution in [-0.2, 0) is 4.79 Å². The molecule has 0 aliphatic carbocycles. The van der Waals surface area contributed by atoms with Gasteiger partial charge in [0.15, 0.2) is 5.82 Å². The van der Waals surface area contributed by atoms with E-state index < -0.39 is 0 Å². The Morgan fingerprint density at radius 2 is 1.86 bits per heavy atom. The molecule has 2 fully saturated rings. The van der Waals surface area contributed by atoms with Gasteiger partial charge in [-0.2, -0.15) is 5.26 Å². The molecule has 6 heteroatoms.